The maximum Gasteiger partial charge on any atom is 0.226 e. The van der Waals surface area contributed by atoms with Crippen molar-refractivity contribution < 1.29 is 4.79 Å². The number of piperidine rings is 1. The van der Waals surface area contributed by atoms with Crippen molar-refractivity contribution in [3.8, 4) is 0 Å². The number of carbonyl (C=O) groups excluding carboxylic acids is 1. The third-order valence-electron chi connectivity index (χ3n) is 4.71. The van der Waals surface area contributed by atoms with Gasteiger partial charge < -0.3 is 10.2 Å². The van der Waals surface area contributed by atoms with Gasteiger partial charge in [-0.15, -0.1) is 0 Å². The van der Waals surface area contributed by atoms with Crippen LogP contribution >= 0.6 is 0 Å². The molecule has 3 nitrogen and oxygen atoms in total. The fourth-order valence-electron chi connectivity index (χ4n) is 3.14. The van der Waals surface area contributed by atoms with Crippen LogP contribution in [-0.2, 0) is 4.79 Å². The first kappa shape index (κ1) is 16.0. The lowest BCUT2D eigenvalue weighted by molar-refractivity contribution is -0.118. The van der Waals surface area contributed by atoms with E-state index in [9.17, 15) is 4.79 Å². The largest absolute Gasteiger partial charge is 0.317 e. The van der Waals surface area contributed by atoms with E-state index in [0.717, 1.165) is 31.7 Å². The molecule has 1 aliphatic heterocycles. The third-order valence-corrected chi connectivity index (χ3v) is 4.71. The van der Waals surface area contributed by atoms with Crippen molar-refractivity contribution in [1.82, 2.24) is 5.32 Å². The van der Waals surface area contributed by atoms with Gasteiger partial charge in [-0.25, -0.2) is 0 Å². The SMILES string of the molecule is CCN(C(=O)CCC1CCNCC1)c1cccc(C)c1C. The molecule has 1 N–H and O–H groups in total. The highest BCUT2D eigenvalue weighted by Gasteiger charge is 2.19. The van der Waals surface area contributed by atoms with Crippen LogP contribution in [0.5, 0.6) is 0 Å². The molecule has 0 atom stereocenters. The van der Waals surface area contributed by atoms with Crippen molar-refractivity contribution >= 4 is 11.6 Å². The average molecular weight is 288 g/mol. The third kappa shape index (κ3) is 4.07. The maximum atomic E-state index is 12.6. The average Bonchev–Trinajstić information content (AvgIpc) is 2.51. The highest BCUT2D eigenvalue weighted by molar-refractivity contribution is 5.94. The second-order valence-electron chi connectivity index (χ2n) is 6.09. The first-order chi connectivity index (χ1) is 10.1. The van der Waals surface area contributed by atoms with Crippen molar-refractivity contribution in [3.63, 3.8) is 0 Å². The Kier molecular flexibility index (Phi) is 5.80. The molecule has 0 bridgehead atoms. The van der Waals surface area contributed by atoms with E-state index >= 15 is 0 Å². The Balaban J connectivity index is 1.99. The second-order valence-corrected chi connectivity index (χ2v) is 6.09. The van der Waals surface area contributed by atoms with Gasteiger partial charge in [0.15, 0.2) is 0 Å². The van der Waals surface area contributed by atoms with Gasteiger partial charge in [0.05, 0.1) is 0 Å². The summed E-state index contributed by atoms with van der Waals surface area (Å²) >= 11 is 0. The zero-order chi connectivity index (χ0) is 15.2. The van der Waals surface area contributed by atoms with Crippen LogP contribution < -0.4 is 10.2 Å². The quantitative estimate of drug-likeness (QED) is 0.900. The summed E-state index contributed by atoms with van der Waals surface area (Å²) in [5, 5.41) is 3.38. The Morgan fingerprint density at radius 3 is 2.67 bits per heavy atom. The van der Waals surface area contributed by atoms with E-state index < -0.39 is 0 Å². The van der Waals surface area contributed by atoms with Crippen LogP contribution in [0.4, 0.5) is 5.69 Å². The molecule has 1 aliphatic rings. The van der Waals surface area contributed by atoms with Crippen LogP contribution in [0, 0.1) is 19.8 Å². The van der Waals surface area contributed by atoms with E-state index in [2.05, 4.69) is 38.2 Å². The van der Waals surface area contributed by atoms with Crippen molar-refractivity contribution in [2.75, 3.05) is 24.5 Å². The van der Waals surface area contributed by atoms with Crippen molar-refractivity contribution in [1.29, 1.82) is 0 Å². The van der Waals surface area contributed by atoms with E-state index in [1.807, 2.05) is 11.0 Å². The van der Waals surface area contributed by atoms with Crippen LogP contribution in [0.2, 0.25) is 0 Å². The lowest BCUT2D eigenvalue weighted by atomic mass is 9.93. The molecule has 2 rings (SSSR count). The summed E-state index contributed by atoms with van der Waals surface area (Å²) < 4.78 is 0. The number of hydrogen-bond donors (Lipinski definition) is 1. The molecular formula is C18H28N2O. The molecule has 1 saturated heterocycles. The molecule has 0 unspecified atom stereocenters. The van der Waals surface area contributed by atoms with E-state index in [-0.39, 0.29) is 5.91 Å². The monoisotopic (exact) mass is 288 g/mol. The molecule has 0 saturated carbocycles. The van der Waals surface area contributed by atoms with Crippen molar-refractivity contribution in [3.05, 3.63) is 29.3 Å². The highest BCUT2D eigenvalue weighted by atomic mass is 16.2. The summed E-state index contributed by atoms with van der Waals surface area (Å²) in [5.41, 5.74) is 3.54. The van der Waals surface area contributed by atoms with Crippen LogP contribution in [-0.4, -0.2) is 25.5 Å². The van der Waals surface area contributed by atoms with Gasteiger partial charge in [-0.3, -0.25) is 4.79 Å². The minimum atomic E-state index is 0.268. The van der Waals surface area contributed by atoms with Gasteiger partial charge in [-0.05, 0) is 76.2 Å². The van der Waals surface area contributed by atoms with Crippen LogP contribution in [0.3, 0.4) is 0 Å². The van der Waals surface area contributed by atoms with Gasteiger partial charge in [0.1, 0.15) is 0 Å². The van der Waals surface area contributed by atoms with Gasteiger partial charge in [0, 0.05) is 18.7 Å². The highest BCUT2D eigenvalue weighted by Crippen LogP contribution is 2.25. The van der Waals surface area contributed by atoms with Gasteiger partial charge in [0.2, 0.25) is 5.91 Å². The van der Waals surface area contributed by atoms with Gasteiger partial charge in [-0.2, -0.15) is 0 Å². The van der Waals surface area contributed by atoms with Crippen molar-refractivity contribution in [2.24, 2.45) is 5.92 Å². The Bertz CT molecular complexity index is 478. The lowest BCUT2D eigenvalue weighted by Crippen LogP contribution is -2.33. The molecule has 1 aromatic rings. The van der Waals surface area contributed by atoms with E-state index in [1.165, 1.54) is 24.0 Å². The Hall–Kier alpha value is -1.35. The number of carbonyl (C=O) groups is 1. The zero-order valence-corrected chi connectivity index (χ0v) is 13.6. The molecule has 116 valence electrons. The molecular weight excluding hydrogens is 260 g/mol. The summed E-state index contributed by atoms with van der Waals surface area (Å²) in [7, 11) is 0. The number of aryl methyl sites for hydroxylation is 1. The molecule has 21 heavy (non-hydrogen) atoms. The molecule has 1 fully saturated rings. The first-order valence-electron chi connectivity index (χ1n) is 8.20. The zero-order valence-electron chi connectivity index (χ0n) is 13.6. The molecule has 3 heteroatoms. The van der Waals surface area contributed by atoms with E-state index in [0.29, 0.717) is 12.3 Å². The van der Waals surface area contributed by atoms with Gasteiger partial charge in [0.25, 0.3) is 0 Å². The molecule has 1 heterocycles. The fourth-order valence-corrected chi connectivity index (χ4v) is 3.14. The first-order valence-corrected chi connectivity index (χ1v) is 8.20. The summed E-state index contributed by atoms with van der Waals surface area (Å²) in [5.74, 6) is 0.984. The number of anilines is 1. The minimum Gasteiger partial charge on any atom is -0.317 e. The normalized spacial score (nSPS) is 16.0. The van der Waals surface area contributed by atoms with Gasteiger partial charge >= 0.3 is 0 Å². The van der Waals surface area contributed by atoms with E-state index in [1.54, 1.807) is 0 Å². The predicted molar refractivity (Wildman–Crippen MR) is 88.8 cm³/mol. The maximum absolute atomic E-state index is 12.6. The number of nitrogens with zero attached hydrogens (tertiary/aromatic N) is 1. The summed E-state index contributed by atoms with van der Waals surface area (Å²) in [6.07, 6.45) is 4.12. The van der Waals surface area contributed by atoms with Gasteiger partial charge in [-0.1, -0.05) is 12.1 Å². The summed E-state index contributed by atoms with van der Waals surface area (Å²) in [6.45, 7) is 9.22. The fraction of sp³-hybridized carbons (Fsp3) is 0.611. The van der Waals surface area contributed by atoms with Crippen LogP contribution in [0.1, 0.15) is 43.7 Å². The molecule has 1 amide bonds. The second kappa shape index (κ2) is 7.60. The Morgan fingerprint density at radius 2 is 2.00 bits per heavy atom. The topological polar surface area (TPSA) is 32.3 Å². The minimum absolute atomic E-state index is 0.268. The van der Waals surface area contributed by atoms with E-state index in [4.69, 9.17) is 0 Å². The standard InChI is InChI=1S/C18H28N2O/c1-4-20(17-7-5-6-14(2)15(17)3)18(21)9-8-16-10-12-19-13-11-16/h5-7,16,19H,4,8-13H2,1-3H3. The lowest BCUT2D eigenvalue weighted by Gasteiger charge is -2.26. The van der Waals surface area contributed by atoms with Crippen LogP contribution in [0.25, 0.3) is 0 Å². The Morgan fingerprint density at radius 1 is 1.29 bits per heavy atom. The van der Waals surface area contributed by atoms with Crippen molar-refractivity contribution in [2.45, 2.75) is 46.5 Å². The summed E-state index contributed by atoms with van der Waals surface area (Å²) in [6, 6.07) is 6.21. The number of nitrogens with one attached hydrogen (secondary N) is 1. The molecule has 0 aromatic heterocycles. The number of hydrogen-bond acceptors (Lipinski definition) is 2. The Labute approximate surface area is 128 Å². The predicted octanol–water partition coefficient (Wildman–Crippen LogP) is 3.44. The summed E-state index contributed by atoms with van der Waals surface area (Å²) in [4.78, 5) is 14.5. The smallest absolute Gasteiger partial charge is 0.226 e. The van der Waals surface area contributed by atoms with Crippen LogP contribution in [0.15, 0.2) is 18.2 Å². The number of benzene rings is 1. The molecule has 0 aliphatic carbocycles. The number of rotatable bonds is 5. The molecule has 0 radical (unpaired) electrons. The molecule has 1 aromatic carbocycles. The molecule has 0 spiro atoms. The number of amides is 1.